The zero-order valence-electron chi connectivity index (χ0n) is 11.6. The number of imidazole rings is 1. The molecule has 0 N–H and O–H groups in total. The van der Waals surface area contributed by atoms with Gasteiger partial charge in [-0.1, -0.05) is 18.2 Å². The molecule has 0 spiro atoms. The molecular weight excluding hydrogens is 238 g/mol. The van der Waals surface area contributed by atoms with Gasteiger partial charge in [0.1, 0.15) is 22.5 Å². The second-order valence-electron chi connectivity index (χ2n) is 5.67. The van der Waals surface area contributed by atoms with E-state index < -0.39 is 0 Å². The van der Waals surface area contributed by atoms with Gasteiger partial charge in [0.25, 0.3) is 0 Å². The fourth-order valence-electron chi connectivity index (χ4n) is 2.18. The van der Waals surface area contributed by atoms with Crippen LogP contribution >= 0.6 is 0 Å². The minimum Gasteiger partial charge on any atom is -0.406 e. The lowest BCUT2D eigenvalue weighted by molar-refractivity contribution is -0.0116. The number of rotatable bonds is 1. The van der Waals surface area contributed by atoms with E-state index >= 15 is 0 Å². The Morgan fingerprint density at radius 2 is 1.84 bits per heavy atom. The quantitative estimate of drug-likeness (QED) is 0.670. The third kappa shape index (κ3) is 2.03. The summed E-state index contributed by atoms with van der Waals surface area (Å²) in [6, 6.07) is 8.04. The molecule has 2 aromatic heterocycles. The summed E-state index contributed by atoms with van der Waals surface area (Å²) in [5.41, 5.74) is 2.52. The van der Waals surface area contributed by atoms with Gasteiger partial charge in [-0.3, -0.25) is 4.98 Å². The highest BCUT2D eigenvalue weighted by atomic mass is 16.7. The van der Waals surface area contributed by atoms with Crippen LogP contribution < -0.4 is 4.84 Å². The fraction of sp³-hybridized carbons (Fsp3) is 0.333. The van der Waals surface area contributed by atoms with Crippen LogP contribution in [-0.4, -0.2) is 20.3 Å². The van der Waals surface area contributed by atoms with Crippen LogP contribution in [0.25, 0.3) is 21.9 Å². The Balaban J connectivity index is 2.37. The lowest BCUT2D eigenvalue weighted by Gasteiger charge is -2.22. The number of aromatic nitrogens is 3. The highest BCUT2D eigenvalue weighted by molar-refractivity contribution is 6.02. The summed E-state index contributed by atoms with van der Waals surface area (Å²) in [4.78, 5) is 15.0. The van der Waals surface area contributed by atoms with Gasteiger partial charge in [-0.15, -0.1) is 0 Å². The third-order valence-electron chi connectivity index (χ3n) is 2.87. The van der Waals surface area contributed by atoms with Gasteiger partial charge >= 0.3 is 0 Å². The minimum absolute atomic E-state index is 0.275. The average Bonchev–Trinajstić information content (AvgIpc) is 2.64. The molecule has 0 aliphatic rings. The number of nitrogens with zero attached hydrogens (tertiary/aromatic N) is 3. The molecule has 0 aliphatic carbocycles. The molecule has 0 fully saturated rings. The van der Waals surface area contributed by atoms with Crippen molar-refractivity contribution in [2.24, 2.45) is 0 Å². The van der Waals surface area contributed by atoms with E-state index in [9.17, 15) is 0 Å². The van der Waals surface area contributed by atoms with E-state index in [0.717, 1.165) is 27.8 Å². The van der Waals surface area contributed by atoms with Crippen LogP contribution in [-0.2, 0) is 0 Å². The van der Waals surface area contributed by atoms with Crippen molar-refractivity contribution in [2.75, 3.05) is 0 Å². The van der Waals surface area contributed by atoms with Crippen LogP contribution in [0.2, 0.25) is 0 Å². The summed E-state index contributed by atoms with van der Waals surface area (Å²) >= 11 is 0. The predicted octanol–water partition coefficient (Wildman–Crippen LogP) is 3.12. The lowest BCUT2D eigenvalue weighted by Crippen LogP contribution is -2.31. The second kappa shape index (κ2) is 3.95. The van der Waals surface area contributed by atoms with Crippen molar-refractivity contribution in [3.63, 3.8) is 0 Å². The van der Waals surface area contributed by atoms with Crippen molar-refractivity contribution in [3.05, 3.63) is 36.3 Å². The van der Waals surface area contributed by atoms with Crippen molar-refractivity contribution in [2.45, 2.75) is 33.3 Å². The summed E-state index contributed by atoms with van der Waals surface area (Å²) in [6.45, 7) is 8.03. The summed E-state index contributed by atoms with van der Waals surface area (Å²) in [6.07, 6.45) is 1.80. The topological polar surface area (TPSA) is 39.9 Å². The Morgan fingerprint density at radius 1 is 1.11 bits per heavy atom. The fourth-order valence-corrected chi connectivity index (χ4v) is 2.18. The number of hydrogen-bond acceptors (Lipinski definition) is 3. The molecule has 1 aromatic carbocycles. The van der Waals surface area contributed by atoms with Gasteiger partial charge in [0.15, 0.2) is 0 Å². The highest BCUT2D eigenvalue weighted by Gasteiger charge is 2.18. The van der Waals surface area contributed by atoms with Gasteiger partial charge in [-0.25, -0.2) is 4.98 Å². The van der Waals surface area contributed by atoms with E-state index in [1.165, 1.54) is 0 Å². The number of para-hydroxylation sites is 1. The Bertz CT molecular complexity index is 753. The van der Waals surface area contributed by atoms with E-state index in [4.69, 9.17) is 4.84 Å². The summed E-state index contributed by atoms with van der Waals surface area (Å²) in [5, 5.41) is 1.06. The van der Waals surface area contributed by atoms with Crippen molar-refractivity contribution in [1.29, 1.82) is 0 Å². The maximum absolute atomic E-state index is 6.02. The Hall–Kier alpha value is -2.10. The number of fused-ring (bicyclic) bond motifs is 3. The maximum atomic E-state index is 6.02. The molecule has 0 atom stereocenters. The average molecular weight is 255 g/mol. The SMILES string of the molecule is Cc1nc2cnc3ccccc3c2n1OC(C)(C)C. The van der Waals surface area contributed by atoms with Crippen molar-refractivity contribution >= 4 is 21.9 Å². The van der Waals surface area contributed by atoms with E-state index in [2.05, 4.69) is 9.97 Å². The monoisotopic (exact) mass is 255 g/mol. The maximum Gasteiger partial charge on any atom is 0.143 e. The molecule has 4 nitrogen and oxygen atoms in total. The van der Waals surface area contributed by atoms with Gasteiger partial charge in [-0.05, 0) is 33.8 Å². The van der Waals surface area contributed by atoms with Gasteiger partial charge in [0.05, 0.1) is 11.7 Å². The molecule has 0 aliphatic heterocycles. The van der Waals surface area contributed by atoms with Crippen LogP contribution in [0.3, 0.4) is 0 Å². The number of hydrogen-bond donors (Lipinski definition) is 0. The standard InChI is InChI=1S/C15H17N3O/c1-10-17-13-9-16-12-8-6-5-7-11(12)14(13)18(10)19-15(2,3)4/h5-9H,1-4H3. The molecule has 3 rings (SSSR count). The zero-order chi connectivity index (χ0) is 13.6. The number of pyridine rings is 1. The minimum atomic E-state index is -0.275. The predicted molar refractivity (Wildman–Crippen MR) is 76.1 cm³/mol. The van der Waals surface area contributed by atoms with Gasteiger partial charge in [0.2, 0.25) is 0 Å². The zero-order valence-corrected chi connectivity index (χ0v) is 11.6. The first-order valence-corrected chi connectivity index (χ1v) is 6.38. The molecule has 0 unspecified atom stereocenters. The third-order valence-corrected chi connectivity index (χ3v) is 2.87. The molecule has 0 amide bonds. The Morgan fingerprint density at radius 3 is 2.58 bits per heavy atom. The molecule has 0 radical (unpaired) electrons. The first-order chi connectivity index (χ1) is 8.96. The molecule has 19 heavy (non-hydrogen) atoms. The van der Waals surface area contributed by atoms with Crippen LogP contribution in [0, 0.1) is 6.92 Å². The largest absolute Gasteiger partial charge is 0.406 e. The highest BCUT2D eigenvalue weighted by Crippen LogP contribution is 2.24. The van der Waals surface area contributed by atoms with E-state index in [0.29, 0.717) is 0 Å². The van der Waals surface area contributed by atoms with Gasteiger partial charge in [0, 0.05) is 5.39 Å². The molecule has 4 heteroatoms. The Kier molecular flexibility index (Phi) is 2.49. The van der Waals surface area contributed by atoms with Crippen LogP contribution in [0.15, 0.2) is 30.5 Å². The van der Waals surface area contributed by atoms with Gasteiger partial charge < -0.3 is 4.84 Å². The lowest BCUT2D eigenvalue weighted by atomic mass is 10.2. The summed E-state index contributed by atoms with van der Waals surface area (Å²) in [5.74, 6) is 0.836. The molecule has 3 aromatic rings. The van der Waals surface area contributed by atoms with Gasteiger partial charge in [-0.2, -0.15) is 4.73 Å². The second-order valence-corrected chi connectivity index (χ2v) is 5.67. The molecular formula is C15H17N3O. The van der Waals surface area contributed by atoms with E-state index in [-0.39, 0.29) is 5.60 Å². The van der Waals surface area contributed by atoms with Crippen molar-refractivity contribution < 1.29 is 4.84 Å². The first kappa shape index (κ1) is 12.0. The molecule has 0 saturated heterocycles. The smallest absolute Gasteiger partial charge is 0.143 e. The molecule has 0 bridgehead atoms. The Labute approximate surface area is 112 Å². The normalized spacial score (nSPS) is 12.2. The summed E-state index contributed by atoms with van der Waals surface area (Å²) < 4.78 is 1.82. The van der Waals surface area contributed by atoms with Crippen molar-refractivity contribution in [3.8, 4) is 0 Å². The van der Waals surface area contributed by atoms with Crippen molar-refractivity contribution in [1.82, 2.24) is 14.7 Å². The molecule has 98 valence electrons. The summed E-state index contributed by atoms with van der Waals surface area (Å²) in [7, 11) is 0. The first-order valence-electron chi connectivity index (χ1n) is 6.38. The molecule has 2 heterocycles. The van der Waals surface area contributed by atoms with E-state index in [1.54, 1.807) is 6.20 Å². The number of benzene rings is 1. The van der Waals surface area contributed by atoms with E-state index in [1.807, 2.05) is 56.7 Å². The van der Waals surface area contributed by atoms with Crippen LogP contribution in [0.5, 0.6) is 0 Å². The molecule has 0 saturated carbocycles. The van der Waals surface area contributed by atoms with Crippen LogP contribution in [0.4, 0.5) is 0 Å². The van der Waals surface area contributed by atoms with Crippen LogP contribution in [0.1, 0.15) is 26.6 Å². The number of aryl methyl sites for hydroxylation is 1.